The minimum atomic E-state index is -0.350. The molecule has 0 aliphatic rings. The van der Waals surface area contributed by atoms with Crippen molar-refractivity contribution in [3.63, 3.8) is 0 Å². The van der Waals surface area contributed by atoms with Crippen molar-refractivity contribution in [3.05, 3.63) is 24.0 Å². The molecule has 0 spiro atoms. The number of rotatable bonds is 4. The molecule has 1 amide bonds. The van der Waals surface area contributed by atoms with Crippen LogP contribution in [0.2, 0.25) is 0 Å². The topological polar surface area (TPSA) is 91.8 Å². The second kappa shape index (κ2) is 4.96. The van der Waals surface area contributed by atoms with Gasteiger partial charge in [-0.2, -0.15) is 5.26 Å². The number of carbonyl (C=O) groups excluding carboxylic acids is 1. The van der Waals surface area contributed by atoms with Crippen LogP contribution in [0.25, 0.3) is 0 Å². The molecular formula is C10H12N4O. The maximum atomic E-state index is 10.6. The summed E-state index contributed by atoms with van der Waals surface area (Å²) in [6.07, 6.45) is 1.82. The molecule has 1 unspecified atom stereocenters. The maximum absolute atomic E-state index is 10.6. The van der Waals surface area contributed by atoms with Crippen LogP contribution in [-0.2, 0) is 4.79 Å². The van der Waals surface area contributed by atoms with Crippen molar-refractivity contribution in [3.8, 4) is 6.07 Å². The number of carbonyl (C=O) groups is 1. The molecule has 5 heteroatoms. The van der Waals surface area contributed by atoms with Gasteiger partial charge in [-0.25, -0.2) is 4.98 Å². The van der Waals surface area contributed by atoms with Gasteiger partial charge in [-0.1, -0.05) is 0 Å². The molecule has 3 N–H and O–H groups in total. The lowest BCUT2D eigenvalue weighted by atomic mass is 10.2. The number of hydrogen-bond donors (Lipinski definition) is 2. The molecule has 0 aliphatic carbocycles. The highest BCUT2D eigenvalue weighted by molar-refractivity contribution is 5.74. The lowest BCUT2D eigenvalue weighted by Gasteiger charge is -2.12. The van der Waals surface area contributed by atoms with Gasteiger partial charge >= 0.3 is 0 Å². The predicted octanol–water partition coefficient (Wildman–Crippen LogP) is 0.629. The van der Waals surface area contributed by atoms with E-state index in [1.807, 2.05) is 13.0 Å². The van der Waals surface area contributed by atoms with Crippen LogP contribution in [0.3, 0.4) is 0 Å². The van der Waals surface area contributed by atoms with E-state index in [0.717, 1.165) is 5.69 Å². The zero-order chi connectivity index (χ0) is 11.3. The lowest BCUT2D eigenvalue weighted by Crippen LogP contribution is -2.24. The minimum Gasteiger partial charge on any atom is -0.381 e. The molecule has 1 heterocycles. The third-order valence-electron chi connectivity index (χ3n) is 1.80. The first kappa shape index (κ1) is 11.0. The van der Waals surface area contributed by atoms with Crippen LogP contribution in [0.4, 0.5) is 5.69 Å². The van der Waals surface area contributed by atoms with Crippen molar-refractivity contribution in [2.75, 3.05) is 5.32 Å². The molecule has 0 bridgehead atoms. The van der Waals surface area contributed by atoms with Gasteiger partial charge in [-0.15, -0.1) is 0 Å². The third-order valence-corrected chi connectivity index (χ3v) is 1.80. The van der Waals surface area contributed by atoms with Crippen LogP contribution >= 0.6 is 0 Å². The summed E-state index contributed by atoms with van der Waals surface area (Å²) in [5.74, 6) is -0.350. The molecule has 0 saturated heterocycles. The van der Waals surface area contributed by atoms with Crippen molar-refractivity contribution >= 4 is 11.6 Å². The SMILES string of the molecule is CC(CC(N)=O)Nc1ccc(C#N)nc1. The number of nitrogens with two attached hydrogens (primary N) is 1. The molecular weight excluding hydrogens is 192 g/mol. The van der Waals surface area contributed by atoms with Crippen LogP contribution in [0.15, 0.2) is 18.3 Å². The molecule has 0 fully saturated rings. The van der Waals surface area contributed by atoms with Gasteiger partial charge in [0.15, 0.2) is 0 Å². The molecule has 1 aromatic rings. The Morgan fingerprint density at radius 1 is 1.73 bits per heavy atom. The molecule has 0 radical (unpaired) electrons. The molecule has 1 rings (SSSR count). The summed E-state index contributed by atoms with van der Waals surface area (Å²) in [7, 11) is 0. The standard InChI is InChI=1S/C10H12N4O/c1-7(4-10(12)15)14-9-3-2-8(5-11)13-6-9/h2-3,6-7,14H,4H2,1H3,(H2,12,15). The van der Waals surface area contributed by atoms with E-state index < -0.39 is 0 Å². The summed E-state index contributed by atoms with van der Waals surface area (Å²) < 4.78 is 0. The fraction of sp³-hybridized carbons (Fsp3) is 0.300. The smallest absolute Gasteiger partial charge is 0.219 e. The number of amides is 1. The Labute approximate surface area is 87.9 Å². The first-order chi connectivity index (χ1) is 7.11. The van der Waals surface area contributed by atoms with Gasteiger partial charge in [0, 0.05) is 12.5 Å². The number of nitrogens with zero attached hydrogens (tertiary/aromatic N) is 2. The summed E-state index contributed by atoms with van der Waals surface area (Å²) in [4.78, 5) is 14.5. The van der Waals surface area contributed by atoms with Crippen molar-refractivity contribution < 1.29 is 4.79 Å². The number of nitrogens with one attached hydrogen (secondary N) is 1. The van der Waals surface area contributed by atoms with Crippen molar-refractivity contribution in [2.45, 2.75) is 19.4 Å². The average molecular weight is 204 g/mol. The quantitative estimate of drug-likeness (QED) is 0.752. The maximum Gasteiger partial charge on any atom is 0.219 e. The molecule has 0 aromatic carbocycles. The highest BCUT2D eigenvalue weighted by Crippen LogP contribution is 2.08. The monoisotopic (exact) mass is 204 g/mol. The van der Waals surface area contributed by atoms with Crippen molar-refractivity contribution in [1.29, 1.82) is 5.26 Å². The third kappa shape index (κ3) is 3.65. The Balaban J connectivity index is 2.58. The number of pyridine rings is 1. The Morgan fingerprint density at radius 2 is 2.47 bits per heavy atom. The summed E-state index contributed by atoms with van der Waals surface area (Å²) in [5.41, 5.74) is 6.19. The fourth-order valence-corrected chi connectivity index (χ4v) is 1.18. The zero-order valence-corrected chi connectivity index (χ0v) is 8.40. The van der Waals surface area contributed by atoms with E-state index >= 15 is 0 Å². The highest BCUT2D eigenvalue weighted by Gasteiger charge is 2.05. The minimum absolute atomic E-state index is 0.0442. The molecule has 15 heavy (non-hydrogen) atoms. The van der Waals surface area contributed by atoms with Gasteiger partial charge in [0.2, 0.25) is 5.91 Å². The lowest BCUT2D eigenvalue weighted by molar-refractivity contribution is -0.118. The van der Waals surface area contributed by atoms with E-state index in [9.17, 15) is 4.79 Å². The first-order valence-electron chi connectivity index (χ1n) is 4.53. The van der Waals surface area contributed by atoms with Gasteiger partial charge < -0.3 is 11.1 Å². The van der Waals surface area contributed by atoms with Crippen LogP contribution in [0, 0.1) is 11.3 Å². The second-order valence-corrected chi connectivity index (χ2v) is 3.26. The zero-order valence-electron chi connectivity index (χ0n) is 8.40. The Bertz CT molecular complexity index is 379. The Kier molecular flexibility index (Phi) is 3.63. The van der Waals surface area contributed by atoms with E-state index in [2.05, 4.69) is 10.3 Å². The van der Waals surface area contributed by atoms with Gasteiger partial charge in [0.25, 0.3) is 0 Å². The number of primary amides is 1. The number of anilines is 1. The van der Waals surface area contributed by atoms with Crippen molar-refractivity contribution in [1.82, 2.24) is 4.98 Å². The number of aromatic nitrogens is 1. The molecule has 1 aromatic heterocycles. The molecule has 0 saturated carbocycles. The molecule has 78 valence electrons. The second-order valence-electron chi connectivity index (χ2n) is 3.26. The van der Waals surface area contributed by atoms with Crippen LogP contribution in [-0.4, -0.2) is 16.9 Å². The van der Waals surface area contributed by atoms with E-state index in [1.165, 1.54) is 0 Å². The highest BCUT2D eigenvalue weighted by atomic mass is 16.1. The summed E-state index contributed by atoms with van der Waals surface area (Å²) in [6.45, 7) is 1.85. The predicted molar refractivity (Wildman–Crippen MR) is 55.8 cm³/mol. The summed E-state index contributed by atoms with van der Waals surface area (Å²) in [6, 6.07) is 5.23. The van der Waals surface area contributed by atoms with Crippen LogP contribution in [0.5, 0.6) is 0 Å². The van der Waals surface area contributed by atoms with Crippen molar-refractivity contribution in [2.24, 2.45) is 5.73 Å². The molecule has 0 aliphatic heterocycles. The molecule has 5 nitrogen and oxygen atoms in total. The van der Waals surface area contributed by atoms with E-state index in [4.69, 9.17) is 11.0 Å². The van der Waals surface area contributed by atoms with Crippen LogP contribution in [0.1, 0.15) is 19.0 Å². The number of hydrogen-bond acceptors (Lipinski definition) is 4. The van der Waals surface area contributed by atoms with E-state index in [0.29, 0.717) is 5.69 Å². The van der Waals surface area contributed by atoms with E-state index in [-0.39, 0.29) is 18.4 Å². The summed E-state index contributed by atoms with van der Waals surface area (Å²) >= 11 is 0. The average Bonchev–Trinajstić information content (AvgIpc) is 2.17. The largest absolute Gasteiger partial charge is 0.381 e. The molecule has 1 atom stereocenters. The number of nitriles is 1. The Morgan fingerprint density at radius 3 is 2.93 bits per heavy atom. The Hall–Kier alpha value is -2.09. The first-order valence-corrected chi connectivity index (χ1v) is 4.53. The normalized spacial score (nSPS) is 11.5. The van der Waals surface area contributed by atoms with Gasteiger partial charge in [-0.3, -0.25) is 4.79 Å². The van der Waals surface area contributed by atoms with E-state index in [1.54, 1.807) is 18.3 Å². The fourth-order valence-electron chi connectivity index (χ4n) is 1.18. The van der Waals surface area contributed by atoms with Crippen LogP contribution < -0.4 is 11.1 Å². The van der Waals surface area contributed by atoms with Gasteiger partial charge in [-0.05, 0) is 19.1 Å². The van der Waals surface area contributed by atoms with Gasteiger partial charge in [0.05, 0.1) is 11.9 Å². The van der Waals surface area contributed by atoms with Gasteiger partial charge in [0.1, 0.15) is 11.8 Å². The summed E-state index contributed by atoms with van der Waals surface area (Å²) in [5, 5.41) is 11.6.